The van der Waals surface area contributed by atoms with Crippen LogP contribution in [0.1, 0.15) is 54.9 Å². The Morgan fingerprint density at radius 3 is 2.08 bits per heavy atom. The summed E-state index contributed by atoms with van der Waals surface area (Å²) in [7, 11) is 0. The van der Waals surface area contributed by atoms with Crippen LogP contribution in [0.25, 0.3) is 0 Å². The summed E-state index contributed by atoms with van der Waals surface area (Å²) < 4.78 is 10.5. The molecule has 0 aromatic carbocycles. The molecule has 152 valence electrons. The maximum absolute atomic E-state index is 12.7. The number of rotatable bonds is 10. The highest BCUT2D eigenvalue weighted by Gasteiger charge is 2.36. The Balaban J connectivity index is 5.08. The second-order valence-corrected chi connectivity index (χ2v) is 8.17. The Morgan fingerprint density at radius 2 is 1.65 bits per heavy atom. The third kappa shape index (κ3) is 9.72. The average Bonchev–Trinajstić information content (AvgIpc) is 2.48. The summed E-state index contributed by atoms with van der Waals surface area (Å²) in [5.41, 5.74) is 0.942. The van der Waals surface area contributed by atoms with Crippen molar-refractivity contribution in [2.24, 2.45) is 17.3 Å². The monoisotopic (exact) mass is 374 g/mol. The minimum absolute atomic E-state index is 0.00746. The Morgan fingerprint density at radius 1 is 1.08 bits per heavy atom. The van der Waals surface area contributed by atoms with Crippen LogP contribution in [-0.2, 0) is 23.9 Å². The molecular formula is C18H34N2O6. The van der Waals surface area contributed by atoms with E-state index in [-0.39, 0.29) is 31.1 Å². The van der Waals surface area contributed by atoms with Gasteiger partial charge in [0.05, 0.1) is 18.6 Å². The zero-order valence-corrected chi connectivity index (χ0v) is 16.9. The van der Waals surface area contributed by atoms with Gasteiger partial charge in [0.15, 0.2) is 0 Å². The summed E-state index contributed by atoms with van der Waals surface area (Å²) >= 11 is 0. The third-order valence-electron chi connectivity index (χ3n) is 3.54. The summed E-state index contributed by atoms with van der Waals surface area (Å²) in [4.78, 5) is 36.1. The van der Waals surface area contributed by atoms with Gasteiger partial charge in [0.25, 0.3) is 5.91 Å². The fraction of sp³-hybridized carbons (Fsp3) is 0.833. The van der Waals surface area contributed by atoms with Crippen LogP contribution < -0.4 is 10.8 Å². The van der Waals surface area contributed by atoms with E-state index in [1.807, 2.05) is 34.6 Å². The molecule has 8 heteroatoms. The summed E-state index contributed by atoms with van der Waals surface area (Å²) in [6.45, 7) is 12.6. The highest BCUT2D eigenvalue weighted by atomic mass is 16.5. The predicted molar refractivity (Wildman–Crippen MR) is 96.3 cm³/mol. The molecule has 0 rings (SSSR count). The molecule has 0 aliphatic rings. The summed E-state index contributed by atoms with van der Waals surface area (Å²) in [5.74, 6) is -1.81. The van der Waals surface area contributed by atoms with Crippen molar-refractivity contribution < 1.29 is 29.1 Å². The SMILES string of the molecule is CC(C)C[C@H](COCC(=O)NO)C(=O)N[C@H](C(=O)OC(C)C)C(C)(C)C. The zero-order chi connectivity index (χ0) is 20.5. The van der Waals surface area contributed by atoms with Crippen LogP contribution in [0.4, 0.5) is 0 Å². The molecule has 0 fully saturated rings. The summed E-state index contributed by atoms with van der Waals surface area (Å²) in [6.07, 6.45) is 0.249. The van der Waals surface area contributed by atoms with Crippen molar-refractivity contribution in [1.82, 2.24) is 10.8 Å². The fourth-order valence-corrected chi connectivity index (χ4v) is 2.34. The van der Waals surface area contributed by atoms with E-state index in [1.165, 1.54) is 5.48 Å². The smallest absolute Gasteiger partial charge is 0.329 e. The van der Waals surface area contributed by atoms with Crippen molar-refractivity contribution in [1.29, 1.82) is 0 Å². The van der Waals surface area contributed by atoms with Gasteiger partial charge in [-0.05, 0) is 31.6 Å². The van der Waals surface area contributed by atoms with Crippen molar-refractivity contribution in [3.05, 3.63) is 0 Å². The van der Waals surface area contributed by atoms with Crippen molar-refractivity contribution in [3.8, 4) is 0 Å². The summed E-state index contributed by atoms with van der Waals surface area (Å²) in [5, 5.41) is 11.3. The molecule has 0 radical (unpaired) electrons. The van der Waals surface area contributed by atoms with Crippen molar-refractivity contribution in [3.63, 3.8) is 0 Å². The Bertz CT molecular complexity index is 471. The molecule has 3 N–H and O–H groups in total. The van der Waals surface area contributed by atoms with Gasteiger partial charge in [0, 0.05) is 0 Å². The van der Waals surface area contributed by atoms with Crippen LogP contribution in [0.3, 0.4) is 0 Å². The number of esters is 1. The molecule has 2 atom stereocenters. The molecule has 0 heterocycles. The first-order chi connectivity index (χ1) is 11.9. The maximum atomic E-state index is 12.7. The zero-order valence-electron chi connectivity index (χ0n) is 16.9. The van der Waals surface area contributed by atoms with E-state index in [9.17, 15) is 14.4 Å². The highest BCUT2D eigenvalue weighted by Crippen LogP contribution is 2.22. The number of carbonyl (C=O) groups is 3. The molecule has 0 aromatic heterocycles. The summed E-state index contributed by atoms with van der Waals surface area (Å²) in [6, 6.07) is -0.798. The van der Waals surface area contributed by atoms with E-state index < -0.39 is 29.3 Å². The molecule has 8 nitrogen and oxygen atoms in total. The lowest BCUT2D eigenvalue weighted by Gasteiger charge is -2.31. The fourth-order valence-electron chi connectivity index (χ4n) is 2.34. The molecule has 0 aliphatic heterocycles. The Labute approximate surface area is 156 Å². The number of nitrogens with one attached hydrogen (secondary N) is 2. The van der Waals surface area contributed by atoms with Crippen LogP contribution in [0, 0.1) is 17.3 Å². The molecule has 0 unspecified atom stereocenters. The van der Waals surface area contributed by atoms with Crippen molar-refractivity contribution in [2.45, 2.75) is 67.0 Å². The van der Waals surface area contributed by atoms with Crippen LogP contribution in [-0.4, -0.2) is 48.4 Å². The number of hydroxylamine groups is 1. The number of ether oxygens (including phenoxy) is 2. The maximum Gasteiger partial charge on any atom is 0.329 e. The molecule has 0 aliphatic carbocycles. The number of carbonyl (C=O) groups excluding carboxylic acids is 3. The first kappa shape index (κ1) is 24.3. The van der Waals surface area contributed by atoms with Crippen LogP contribution >= 0.6 is 0 Å². The normalized spacial score (nSPS) is 14.1. The molecular weight excluding hydrogens is 340 g/mol. The lowest BCUT2D eigenvalue weighted by atomic mass is 9.86. The quantitative estimate of drug-likeness (QED) is 0.304. The molecule has 0 aromatic rings. The van der Waals surface area contributed by atoms with E-state index in [1.54, 1.807) is 13.8 Å². The van der Waals surface area contributed by atoms with Crippen molar-refractivity contribution in [2.75, 3.05) is 13.2 Å². The van der Waals surface area contributed by atoms with Gasteiger partial charge < -0.3 is 14.8 Å². The number of hydrogen-bond donors (Lipinski definition) is 3. The van der Waals surface area contributed by atoms with Gasteiger partial charge in [-0.25, -0.2) is 10.3 Å². The highest BCUT2D eigenvalue weighted by molar-refractivity contribution is 5.86. The van der Waals surface area contributed by atoms with Crippen molar-refractivity contribution >= 4 is 17.8 Å². The van der Waals surface area contributed by atoms with E-state index in [4.69, 9.17) is 14.7 Å². The molecule has 26 heavy (non-hydrogen) atoms. The second kappa shape index (κ2) is 11.1. The van der Waals surface area contributed by atoms with E-state index in [0.717, 1.165) is 0 Å². The van der Waals surface area contributed by atoms with Gasteiger partial charge >= 0.3 is 5.97 Å². The van der Waals surface area contributed by atoms with Gasteiger partial charge in [-0.2, -0.15) is 0 Å². The molecule has 0 spiro atoms. The first-order valence-electron chi connectivity index (χ1n) is 8.90. The first-order valence-corrected chi connectivity index (χ1v) is 8.90. The van der Waals surface area contributed by atoms with E-state index >= 15 is 0 Å². The molecule has 0 bridgehead atoms. The van der Waals surface area contributed by atoms with Crippen LogP contribution in [0.15, 0.2) is 0 Å². The minimum atomic E-state index is -0.798. The Kier molecular flexibility index (Phi) is 10.4. The minimum Gasteiger partial charge on any atom is -0.461 e. The largest absolute Gasteiger partial charge is 0.461 e. The lowest BCUT2D eigenvalue weighted by Crippen LogP contribution is -2.52. The van der Waals surface area contributed by atoms with Crippen LogP contribution in [0.2, 0.25) is 0 Å². The predicted octanol–water partition coefficient (Wildman–Crippen LogP) is 1.65. The molecule has 0 saturated heterocycles. The number of amides is 2. The van der Waals surface area contributed by atoms with Gasteiger partial charge in [-0.1, -0.05) is 34.6 Å². The topological polar surface area (TPSA) is 114 Å². The standard InChI is InChI=1S/C18H34N2O6/c1-11(2)8-13(9-25-10-14(21)20-24)16(22)19-15(18(5,6)7)17(23)26-12(3)4/h11-13,15,24H,8-10H2,1-7H3,(H,19,22)(H,20,21)/t13-,15-/m1/s1. The van der Waals surface area contributed by atoms with Gasteiger partial charge in [-0.3, -0.25) is 14.8 Å². The van der Waals surface area contributed by atoms with E-state index in [0.29, 0.717) is 6.42 Å². The van der Waals surface area contributed by atoms with E-state index in [2.05, 4.69) is 5.32 Å². The van der Waals surface area contributed by atoms with Gasteiger partial charge in [0.1, 0.15) is 12.6 Å². The third-order valence-corrected chi connectivity index (χ3v) is 3.54. The average molecular weight is 374 g/mol. The second-order valence-electron chi connectivity index (χ2n) is 8.17. The number of hydrogen-bond acceptors (Lipinski definition) is 6. The molecule has 0 saturated carbocycles. The van der Waals surface area contributed by atoms with Gasteiger partial charge in [0.2, 0.25) is 5.91 Å². The van der Waals surface area contributed by atoms with Gasteiger partial charge in [-0.15, -0.1) is 0 Å². The Hall–Kier alpha value is -1.67. The molecule has 2 amide bonds. The van der Waals surface area contributed by atoms with Crippen LogP contribution in [0.5, 0.6) is 0 Å². The lowest BCUT2D eigenvalue weighted by molar-refractivity contribution is -0.155.